The van der Waals surface area contributed by atoms with Gasteiger partial charge in [-0.1, -0.05) is 41.5 Å². The van der Waals surface area contributed by atoms with Crippen LogP contribution < -0.4 is 4.74 Å². The number of ether oxygens (including phenoxy) is 1. The second kappa shape index (κ2) is 6.74. The van der Waals surface area contributed by atoms with Crippen molar-refractivity contribution in [3.8, 4) is 22.7 Å². The molecule has 0 aliphatic rings. The van der Waals surface area contributed by atoms with Gasteiger partial charge in [-0.25, -0.2) is 4.68 Å². The maximum Gasteiger partial charge on any atom is 0.119 e. The molecular formula is C25H21N3O. The van der Waals surface area contributed by atoms with E-state index in [1.54, 1.807) is 7.11 Å². The Morgan fingerprint density at radius 1 is 0.828 bits per heavy atom. The van der Waals surface area contributed by atoms with Crippen LogP contribution in [0.2, 0.25) is 0 Å². The van der Waals surface area contributed by atoms with E-state index in [1.165, 1.54) is 11.1 Å². The summed E-state index contributed by atoms with van der Waals surface area (Å²) in [5.41, 5.74) is 7.40. The molecule has 0 radical (unpaired) electrons. The number of hydrogen-bond acceptors (Lipinski definition) is 3. The average Bonchev–Trinajstić information content (AvgIpc) is 3.14. The number of fused-ring (bicyclic) bond motifs is 3. The molecule has 142 valence electrons. The third-order valence-electron chi connectivity index (χ3n) is 5.28. The molecule has 0 saturated carbocycles. The Hall–Kier alpha value is -3.66. The molecule has 0 N–H and O–H groups in total. The molecule has 4 heteroatoms. The van der Waals surface area contributed by atoms with Crippen LogP contribution >= 0.6 is 0 Å². The monoisotopic (exact) mass is 379 g/mol. The summed E-state index contributed by atoms with van der Waals surface area (Å²) in [6, 6.07) is 22.8. The van der Waals surface area contributed by atoms with Crippen LogP contribution in [0.1, 0.15) is 11.1 Å². The minimum Gasteiger partial charge on any atom is -0.497 e. The molecule has 0 amide bonds. The van der Waals surface area contributed by atoms with Gasteiger partial charge in [0, 0.05) is 22.5 Å². The first-order chi connectivity index (χ1) is 14.1. The zero-order valence-electron chi connectivity index (χ0n) is 16.7. The van der Waals surface area contributed by atoms with Gasteiger partial charge in [0.25, 0.3) is 0 Å². The molecule has 2 aromatic heterocycles. The highest BCUT2D eigenvalue weighted by Crippen LogP contribution is 2.35. The van der Waals surface area contributed by atoms with Crippen molar-refractivity contribution in [1.82, 2.24) is 14.8 Å². The highest BCUT2D eigenvalue weighted by molar-refractivity contribution is 6.09. The van der Waals surface area contributed by atoms with Gasteiger partial charge in [-0.05, 0) is 50.2 Å². The predicted octanol–water partition coefficient (Wildman–Crippen LogP) is 5.87. The summed E-state index contributed by atoms with van der Waals surface area (Å²) in [7, 11) is 1.68. The Morgan fingerprint density at radius 2 is 1.62 bits per heavy atom. The molecule has 0 fully saturated rings. The summed E-state index contributed by atoms with van der Waals surface area (Å²) >= 11 is 0. The fourth-order valence-corrected chi connectivity index (χ4v) is 3.75. The molecule has 0 unspecified atom stereocenters. The first-order valence-electron chi connectivity index (χ1n) is 9.63. The summed E-state index contributed by atoms with van der Waals surface area (Å²) in [5, 5.41) is 7.16. The highest BCUT2D eigenvalue weighted by Gasteiger charge is 2.17. The lowest BCUT2D eigenvalue weighted by molar-refractivity contribution is 0.415. The van der Waals surface area contributed by atoms with Crippen LogP contribution in [0.15, 0.2) is 72.9 Å². The lowest BCUT2D eigenvalue weighted by atomic mass is 10.1. The molecule has 0 bridgehead atoms. The summed E-state index contributed by atoms with van der Waals surface area (Å²) < 4.78 is 7.46. The van der Waals surface area contributed by atoms with Crippen molar-refractivity contribution in [3.63, 3.8) is 0 Å². The van der Waals surface area contributed by atoms with Gasteiger partial charge in [-0.15, -0.1) is 0 Å². The van der Waals surface area contributed by atoms with Crippen molar-refractivity contribution in [3.05, 3.63) is 84.1 Å². The molecule has 5 rings (SSSR count). The molecule has 0 spiro atoms. The van der Waals surface area contributed by atoms with E-state index in [-0.39, 0.29) is 0 Å². The largest absolute Gasteiger partial charge is 0.497 e. The first kappa shape index (κ1) is 17.4. The standard InChI is InChI=1S/C25H21N3O/c1-16-7-10-19(11-8-16)28-25-21-13-17(2)9-12-23(21)26-15-22(25)24(27-28)18-5-4-6-20(14-18)29-3/h4-15H,1-3H3. The van der Waals surface area contributed by atoms with Crippen molar-refractivity contribution in [2.75, 3.05) is 7.11 Å². The van der Waals surface area contributed by atoms with Gasteiger partial charge in [-0.3, -0.25) is 4.98 Å². The van der Waals surface area contributed by atoms with Crippen LogP contribution in [-0.4, -0.2) is 21.9 Å². The molecule has 29 heavy (non-hydrogen) atoms. The Kier molecular flexibility index (Phi) is 4.06. The number of benzene rings is 3. The second-order valence-electron chi connectivity index (χ2n) is 7.37. The van der Waals surface area contributed by atoms with Gasteiger partial charge >= 0.3 is 0 Å². The molecule has 0 aliphatic heterocycles. The number of rotatable bonds is 3. The average molecular weight is 379 g/mol. The number of nitrogens with zero attached hydrogens (tertiary/aromatic N) is 3. The minimum absolute atomic E-state index is 0.810. The maximum atomic E-state index is 5.43. The molecular weight excluding hydrogens is 358 g/mol. The van der Waals surface area contributed by atoms with E-state index in [1.807, 2.05) is 29.1 Å². The normalized spacial score (nSPS) is 11.3. The van der Waals surface area contributed by atoms with Gasteiger partial charge in [0.05, 0.1) is 23.8 Å². The van der Waals surface area contributed by atoms with Crippen molar-refractivity contribution < 1.29 is 4.74 Å². The van der Waals surface area contributed by atoms with E-state index >= 15 is 0 Å². The van der Waals surface area contributed by atoms with Crippen LogP contribution in [0.3, 0.4) is 0 Å². The minimum atomic E-state index is 0.810. The molecule has 0 aliphatic carbocycles. The zero-order chi connectivity index (χ0) is 20.0. The van der Waals surface area contributed by atoms with E-state index in [0.29, 0.717) is 0 Å². The first-order valence-corrected chi connectivity index (χ1v) is 9.63. The summed E-state index contributed by atoms with van der Waals surface area (Å²) in [6.07, 6.45) is 1.93. The summed E-state index contributed by atoms with van der Waals surface area (Å²) in [6.45, 7) is 4.20. The van der Waals surface area contributed by atoms with E-state index < -0.39 is 0 Å². The lowest BCUT2D eigenvalue weighted by Gasteiger charge is -2.07. The molecule has 0 saturated heterocycles. The smallest absolute Gasteiger partial charge is 0.119 e. The number of aryl methyl sites for hydroxylation is 2. The zero-order valence-corrected chi connectivity index (χ0v) is 16.7. The van der Waals surface area contributed by atoms with E-state index in [9.17, 15) is 0 Å². The highest BCUT2D eigenvalue weighted by atomic mass is 16.5. The number of aromatic nitrogens is 3. The van der Waals surface area contributed by atoms with Crippen LogP contribution in [-0.2, 0) is 0 Å². The summed E-state index contributed by atoms with van der Waals surface area (Å²) in [5.74, 6) is 0.810. The van der Waals surface area contributed by atoms with Crippen LogP contribution in [0.5, 0.6) is 5.75 Å². The van der Waals surface area contributed by atoms with Crippen LogP contribution in [0, 0.1) is 13.8 Å². The Morgan fingerprint density at radius 3 is 2.41 bits per heavy atom. The predicted molar refractivity (Wildman–Crippen MR) is 118 cm³/mol. The van der Waals surface area contributed by atoms with Gasteiger partial charge < -0.3 is 4.74 Å². The van der Waals surface area contributed by atoms with E-state index in [4.69, 9.17) is 14.8 Å². The topological polar surface area (TPSA) is 39.9 Å². The van der Waals surface area contributed by atoms with Gasteiger partial charge in [0.15, 0.2) is 0 Å². The molecule has 4 nitrogen and oxygen atoms in total. The van der Waals surface area contributed by atoms with E-state index in [2.05, 4.69) is 62.4 Å². The van der Waals surface area contributed by atoms with Gasteiger partial charge in [0.2, 0.25) is 0 Å². The van der Waals surface area contributed by atoms with Crippen molar-refractivity contribution in [1.29, 1.82) is 0 Å². The van der Waals surface area contributed by atoms with E-state index in [0.717, 1.165) is 44.5 Å². The third kappa shape index (κ3) is 2.93. The third-order valence-corrected chi connectivity index (χ3v) is 5.28. The molecule has 2 heterocycles. The number of hydrogen-bond donors (Lipinski definition) is 0. The van der Waals surface area contributed by atoms with Gasteiger partial charge in [-0.2, -0.15) is 5.10 Å². The van der Waals surface area contributed by atoms with Gasteiger partial charge in [0.1, 0.15) is 11.4 Å². The Balaban J connectivity index is 1.89. The quantitative estimate of drug-likeness (QED) is 0.394. The molecule has 0 atom stereocenters. The number of methoxy groups -OCH3 is 1. The summed E-state index contributed by atoms with van der Waals surface area (Å²) in [4.78, 5) is 4.72. The number of pyridine rings is 1. The van der Waals surface area contributed by atoms with Crippen molar-refractivity contribution >= 4 is 21.8 Å². The fourth-order valence-electron chi connectivity index (χ4n) is 3.75. The van der Waals surface area contributed by atoms with Crippen molar-refractivity contribution in [2.24, 2.45) is 0 Å². The maximum absolute atomic E-state index is 5.43. The molecule has 3 aromatic carbocycles. The Bertz CT molecular complexity index is 1350. The second-order valence-corrected chi connectivity index (χ2v) is 7.37. The lowest BCUT2D eigenvalue weighted by Crippen LogP contribution is -1.97. The van der Waals surface area contributed by atoms with Crippen LogP contribution in [0.4, 0.5) is 0 Å². The Labute approximate surface area is 169 Å². The molecule has 5 aromatic rings. The van der Waals surface area contributed by atoms with Crippen molar-refractivity contribution in [2.45, 2.75) is 13.8 Å². The fraction of sp³-hybridized carbons (Fsp3) is 0.120. The SMILES string of the molecule is COc1cccc(-c2nn(-c3ccc(C)cc3)c3c2cnc2ccc(C)cc23)c1. The van der Waals surface area contributed by atoms with Crippen LogP contribution in [0.25, 0.3) is 38.8 Å².